The second-order valence-electron chi connectivity index (χ2n) is 6.93. The Morgan fingerprint density at radius 2 is 1.56 bits per heavy atom. The van der Waals surface area contributed by atoms with Crippen LogP contribution in [0.25, 0.3) is 0 Å². The van der Waals surface area contributed by atoms with Gasteiger partial charge in [-0.05, 0) is 30.9 Å². The molecular weight excluding hydrogens is 342 g/mol. The number of ether oxygens (including phenoxy) is 1. The van der Waals surface area contributed by atoms with Crippen LogP contribution >= 0.6 is 0 Å². The van der Waals surface area contributed by atoms with Crippen LogP contribution in [0.3, 0.4) is 0 Å². The topological polar surface area (TPSA) is 69.4 Å². The smallest absolute Gasteiger partial charge is 0.207 e. The molecule has 0 fully saturated rings. The van der Waals surface area contributed by atoms with Crippen LogP contribution in [0.15, 0.2) is 60.7 Å². The van der Waals surface area contributed by atoms with E-state index in [0.29, 0.717) is 13.0 Å². The Kier molecular flexibility index (Phi) is 8.14. The van der Waals surface area contributed by atoms with Gasteiger partial charge >= 0.3 is 0 Å². The van der Waals surface area contributed by atoms with Crippen molar-refractivity contribution in [2.75, 3.05) is 6.54 Å². The van der Waals surface area contributed by atoms with Gasteiger partial charge in [0.15, 0.2) is 5.78 Å². The normalized spacial score (nSPS) is 14.3. The van der Waals surface area contributed by atoms with Crippen LogP contribution < -0.4 is 0 Å². The van der Waals surface area contributed by atoms with Crippen LogP contribution in [0.1, 0.15) is 31.4 Å². The molecule has 3 atom stereocenters. The van der Waals surface area contributed by atoms with Gasteiger partial charge in [-0.1, -0.05) is 67.6 Å². The summed E-state index contributed by atoms with van der Waals surface area (Å²) in [5, 5.41) is 11.1. The van der Waals surface area contributed by atoms with Gasteiger partial charge in [0.05, 0.1) is 6.61 Å². The zero-order valence-corrected chi connectivity index (χ0v) is 15.9. The van der Waals surface area contributed by atoms with Crippen molar-refractivity contribution < 1.29 is 14.5 Å². The molecule has 0 saturated heterocycles. The zero-order valence-electron chi connectivity index (χ0n) is 15.9. The molecule has 0 aromatic heterocycles. The number of nitrogens with zero attached hydrogens (tertiary/aromatic N) is 1. The number of nitro groups is 1. The molecule has 0 heterocycles. The van der Waals surface area contributed by atoms with Crippen molar-refractivity contribution >= 4 is 5.78 Å². The molecule has 0 aliphatic heterocycles. The minimum Gasteiger partial charge on any atom is -0.366 e. The third-order valence-electron chi connectivity index (χ3n) is 4.93. The Morgan fingerprint density at radius 1 is 1.00 bits per heavy atom. The van der Waals surface area contributed by atoms with E-state index in [1.807, 2.05) is 60.7 Å². The molecule has 0 N–H and O–H groups in total. The van der Waals surface area contributed by atoms with Gasteiger partial charge in [0, 0.05) is 16.8 Å². The molecule has 0 spiro atoms. The Balaban J connectivity index is 1.94. The average molecular weight is 369 g/mol. The second kappa shape index (κ2) is 10.6. The van der Waals surface area contributed by atoms with E-state index >= 15 is 0 Å². The summed E-state index contributed by atoms with van der Waals surface area (Å²) >= 11 is 0. The molecule has 0 aliphatic carbocycles. The minimum absolute atomic E-state index is 0.0779. The summed E-state index contributed by atoms with van der Waals surface area (Å²) in [6.45, 7) is 3.65. The van der Waals surface area contributed by atoms with Crippen molar-refractivity contribution in [1.29, 1.82) is 0 Å². The first kappa shape index (κ1) is 20.8. The predicted molar refractivity (Wildman–Crippen MR) is 105 cm³/mol. The van der Waals surface area contributed by atoms with Gasteiger partial charge in [0.25, 0.3) is 0 Å². The first-order valence-corrected chi connectivity index (χ1v) is 9.32. The molecule has 2 rings (SSSR count). The lowest BCUT2D eigenvalue weighted by Gasteiger charge is -2.23. The predicted octanol–water partition coefficient (Wildman–Crippen LogP) is 4.32. The van der Waals surface area contributed by atoms with Gasteiger partial charge in [-0.15, -0.1) is 0 Å². The van der Waals surface area contributed by atoms with Gasteiger partial charge in [-0.3, -0.25) is 14.9 Å². The Morgan fingerprint density at radius 3 is 2.11 bits per heavy atom. The highest BCUT2D eigenvalue weighted by Crippen LogP contribution is 2.22. The van der Waals surface area contributed by atoms with Crippen molar-refractivity contribution in [3.8, 4) is 0 Å². The monoisotopic (exact) mass is 369 g/mol. The third kappa shape index (κ3) is 6.94. The standard InChI is InChI=1S/C22H27NO4/c1-17(22(24)18(2)27-16-20-11-7-4-8-12-20)21(15-23(25)26)14-13-19-9-5-3-6-10-19/h3-12,17-18,21H,13-16H2,1-2H3/t17-,18-,21+/m0/s1. The third-order valence-corrected chi connectivity index (χ3v) is 4.93. The van der Waals surface area contributed by atoms with Crippen LogP contribution in [0, 0.1) is 22.0 Å². The maximum atomic E-state index is 12.8. The highest BCUT2D eigenvalue weighted by molar-refractivity contribution is 5.85. The molecule has 0 bridgehead atoms. The molecule has 2 aromatic carbocycles. The number of benzene rings is 2. The summed E-state index contributed by atoms with van der Waals surface area (Å²) < 4.78 is 5.71. The fourth-order valence-corrected chi connectivity index (χ4v) is 3.17. The molecule has 144 valence electrons. The van der Waals surface area contributed by atoms with Gasteiger partial charge in [-0.2, -0.15) is 0 Å². The van der Waals surface area contributed by atoms with Crippen LogP contribution in [0.4, 0.5) is 0 Å². The number of Topliss-reactive ketones (excluding diaryl/α,β-unsaturated/α-hetero) is 1. The Bertz CT molecular complexity index is 718. The van der Waals surface area contributed by atoms with E-state index in [4.69, 9.17) is 4.74 Å². The van der Waals surface area contributed by atoms with Crippen LogP contribution in [-0.2, 0) is 22.6 Å². The number of hydrogen-bond acceptors (Lipinski definition) is 4. The molecule has 5 nitrogen and oxygen atoms in total. The van der Waals surface area contributed by atoms with Crippen LogP contribution in [0.2, 0.25) is 0 Å². The highest BCUT2D eigenvalue weighted by atomic mass is 16.6. The lowest BCUT2D eigenvalue weighted by atomic mass is 9.84. The molecular formula is C22H27NO4. The Labute approximate surface area is 160 Å². The zero-order chi connectivity index (χ0) is 19.6. The lowest BCUT2D eigenvalue weighted by molar-refractivity contribution is -0.489. The second-order valence-corrected chi connectivity index (χ2v) is 6.93. The summed E-state index contributed by atoms with van der Waals surface area (Å²) in [5.74, 6) is -0.814. The van der Waals surface area contributed by atoms with Crippen molar-refractivity contribution in [3.05, 3.63) is 81.9 Å². The molecule has 5 heteroatoms. The summed E-state index contributed by atoms with van der Waals surface area (Å²) in [4.78, 5) is 23.5. The number of ketones is 1. The van der Waals surface area contributed by atoms with Gasteiger partial charge in [0.1, 0.15) is 6.10 Å². The molecule has 0 aliphatic rings. The summed E-state index contributed by atoms with van der Waals surface area (Å²) in [7, 11) is 0. The van der Waals surface area contributed by atoms with Crippen molar-refractivity contribution in [2.24, 2.45) is 11.8 Å². The van der Waals surface area contributed by atoms with Crippen molar-refractivity contribution in [1.82, 2.24) is 0 Å². The number of rotatable bonds is 11. The van der Waals surface area contributed by atoms with Gasteiger partial charge in [0.2, 0.25) is 6.54 Å². The van der Waals surface area contributed by atoms with E-state index in [9.17, 15) is 14.9 Å². The summed E-state index contributed by atoms with van der Waals surface area (Å²) in [5.41, 5.74) is 2.12. The quantitative estimate of drug-likeness (QED) is 0.437. The maximum Gasteiger partial charge on any atom is 0.207 e. The van der Waals surface area contributed by atoms with E-state index in [2.05, 4.69) is 0 Å². The molecule has 0 amide bonds. The van der Waals surface area contributed by atoms with E-state index in [1.54, 1.807) is 13.8 Å². The molecule has 0 radical (unpaired) electrons. The van der Waals surface area contributed by atoms with E-state index in [-0.39, 0.29) is 23.2 Å². The minimum atomic E-state index is -0.591. The van der Waals surface area contributed by atoms with Gasteiger partial charge < -0.3 is 4.74 Å². The molecule has 0 unspecified atom stereocenters. The van der Waals surface area contributed by atoms with E-state index in [0.717, 1.165) is 17.5 Å². The van der Waals surface area contributed by atoms with Crippen LogP contribution in [-0.4, -0.2) is 23.4 Å². The van der Waals surface area contributed by atoms with E-state index < -0.39 is 12.0 Å². The number of aryl methyl sites for hydroxylation is 1. The van der Waals surface area contributed by atoms with Gasteiger partial charge in [-0.25, -0.2) is 0 Å². The van der Waals surface area contributed by atoms with Crippen molar-refractivity contribution in [2.45, 2.75) is 39.4 Å². The lowest BCUT2D eigenvalue weighted by Crippen LogP contribution is -2.34. The summed E-state index contributed by atoms with van der Waals surface area (Å²) in [6, 6.07) is 19.5. The number of carbonyl (C=O) groups excluding carboxylic acids is 1. The van der Waals surface area contributed by atoms with Crippen LogP contribution in [0.5, 0.6) is 0 Å². The fourth-order valence-electron chi connectivity index (χ4n) is 3.17. The summed E-state index contributed by atoms with van der Waals surface area (Å²) in [6.07, 6.45) is 0.727. The maximum absolute atomic E-state index is 12.8. The fraction of sp³-hybridized carbons (Fsp3) is 0.409. The SMILES string of the molecule is C[C@H](OCc1ccccc1)C(=O)[C@@H](C)[C@H](CCc1ccccc1)C[N+](=O)[O-]. The largest absolute Gasteiger partial charge is 0.366 e. The molecule has 27 heavy (non-hydrogen) atoms. The molecule has 0 saturated carbocycles. The average Bonchev–Trinajstić information content (AvgIpc) is 2.69. The van der Waals surface area contributed by atoms with Crippen molar-refractivity contribution in [3.63, 3.8) is 0 Å². The van der Waals surface area contributed by atoms with E-state index in [1.165, 1.54) is 0 Å². The number of carbonyl (C=O) groups is 1. The highest BCUT2D eigenvalue weighted by Gasteiger charge is 2.31. The Hall–Kier alpha value is -2.53. The molecule has 2 aromatic rings. The number of hydrogen-bond donors (Lipinski definition) is 0. The first-order valence-electron chi connectivity index (χ1n) is 9.32. The first-order chi connectivity index (χ1) is 13.0.